The molecule has 0 spiro atoms. The fourth-order valence-corrected chi connectivity index (χ4v) is 1.48. The van der Waals surface area contributed by atoms with Gasteiger partial charge in [0, 0.05) is 0 Å². The Labute approximate surface area is 148 Å². The molecule has 9 heteroatoms. The number of carbonyl (C=O) groups excluding carboxylic acids is 2. The van der Waals surface area contributed by atoms with Crippen molar-refractivity contribution in [3.05, 3.63) is 0 Å². The van der Waals surface area contributed by atoms with Crippen LogP contribution < -0.4 is 0 Å². The number of methoxy groups -OCH3 is 1. The van der Waals surface area contributed by atoms with E-state index in [1.165, 1.54) is 7.11 Å². The summed E-state index contributed by atoms with van der Waals surface area (Å²) in [6.45, 7) is 5.82. The summed E-state index contributed by atoms with van der Waals surface area (Å²) in [5, 5.41) is 0. The Balaban J connectivity index is 3.07. The highest BCUT2D eigenvalue weighted by Crippen LogP contribution is 1.89. The van der Waals surface area contributed by atoms with Crippen molar-refractivity contribution >= 4 is 11.9 Å². The van der Waals surface area contributed by atoms with Crippen molar-refractivity contribution in [1.29, 1.82) is 0 Å². The summed E-state index contributed by atoms with van der Waals surface area (Å²) in [5.74, 6) is -0.665. The summed E-state index contributed by atoms with van der Waals surface area (Å²) < 4.78 is 35.3. The van der Waals surface area contributed by atoms with Gasteiger partial charge in [0.2, 0.25) is 0 Å². The lowest BCUT2D eigenvalue weighted by Crippen LogP contribution is -2.15. The molecule has 148 valence electrons. The highest BCUT2D eigenvalue weighted by molar-refractivity contribution is 5.70. The molecule has 25 heavy (non-hydrogen) atoms. The van der Waals surface area contributed by atoms with Gasteiger partial charge in [0.15, 0.2) is 0 Å². The van der Waals surface area contributed by atoms with Crippen LogP contribution in [0, 0.1) is 0 Å². The molecule has 0 unspecified atom stereocenters. The van der Waals surface area contributed by atoms with E-state index in [1.807, 2.05) is 0 Å². The summed E-state index contributed by atoms with van der Waals surface area (Å²) in [5.41, 5.74) is 0. The summed E-state index contributed by atoms with van der Waals surface area (Å²) in [6.07, 6.45) is 0.255. The Kier molecular flexibility index (Phi) is 18.1. The highest BCUT2D eigenvalue weighted by atomic mass is 16.6. The van der Waals surface area contributed by atoms with E-state index in [0.717, 1.165) is 0 Å². The van der Waals surface area contributed by atoms with Gasteiger partial charge in [-0.1, -0.05) is 0 Å². The van der Waals surface area contributed by atoms with Crippen molar-refractivity contribution in [1.82, 2.24) is 0 Å². The maximum absolute atomic E-state index is 11.0. The van der Waals surface area contributed by atoms with Crippen LogP contribution in [0.2, 0.25) is 0 Å². The Bertz CT molecular complexity index is 323. The Morgan fingerprint density at radius 2 is 1.08 bits per heavy atom. The van der Waals surface area contributed by atoms with Crippen LogP contribution in [0.25, 0.3) is 0 Å². The molecule has 0 aromatic heterocycles. The monoisotopic (exact) mass is 366 g/mol. The van der Waals surface area contributed by atoms with Crippen molar-refractivity contribution in [3.8, 4) is 0 Å². The molecule has 9 nitrogen and oxygen atoms in total. The first-order chi connectivity index (χ1) is 12.2. The molecule has 0 rings (SSSR count). The number of esters is 2. The molecule has 0 aromatic rings. The lowest BCUT2D eigenvalue weighted by molar-refractivity contribution is -0.146. The first-order valence-electron chi connectivity index (χ1n) is 8.31. The molecule has 0 aliphatic carbocycles. The van der Waals surface area contributed by atoms with Crippen molar-refractivity contribution in [2.75, 3.05) is 79.8 Å². The second-order valence-electron chi connectivity index (χ2n) is 4.63. The van der Waals surface area contributed by atoms with Crippen LogP contribution in [0.4, 0.5) is 0 Å². The topological polar surface area (TPSA) is 98.8 Å². The van der Waals surface area contributed by atoms with Crippen molar-refractivity contribution in [2.45, 2.75) is 13.3 Å². The fraction of sp³-hybridized carbons (Fsp3) is 0.875. The molecule has 0 N–H and O–H groups in total. The lowest BCUT2D eigenvalue weighted by Gasteiger charge is -2.07. The molecule has 0 aromatic carbocycles. The van der Waals surface area contributed by atoms with Crippen LogP contribution in [0.15, 0.2) is 0 Å². The molecular weight excluding hydrogens is 336 g/mol. The van der Waals surface area contributed by atoms with Crippen LogP contribution in [0.1, 0.15) is 13.3 Å². The first kappa shape index (κ1) is 23.7. The summed E-state index contributed by atoms with van der Waals surface area (Å²) >= 11 is 0. The van der Waals surface area contributed by atoms with E-state index in [0.29, 0.717) is 66.1 Å². The zero-order valence-corrected chi connectivity index (χ0v) is 15.2. The minimum Gasteiger partial charge on any atom is -0.467 e. The average molecular weight is 366 g/mol. The molecule has 0 amide bonds. The summed E-state index contributed by atoms with van der Waals surface area (Å²) in [6, 6.07) is 0. The van der Waals surface area contributed by atoms with E-state index in [-0.39, 0.29) is 19.0 Å². The van der Waals surface area contributed by atoms with Gasteiger partial charge in [-0.15, -0.1) is 0 Å². The van der Waals surface area contributed by atoms with Gasteiger partial charge in [-0.2, -0.15) is 0 Å². The Hall–Kier alpha value is -1.26. The molecule has 0 saturated heterocycles. The summed E-state index contributed by atoms with van der Waals surface area (Å²) in [7, 11) is 1.31. The van der Waals surface area contributed by atoms with Gasteiger partial charge in [0.05, 0.1) is 79.6 Å². The SMILES string of the molecule is CCOC(=O)CCOCCOCCOCCOCCOCC(=O)OC. The maximum Gasteiger partial charge on any atom is 0.331 e. The smallest absolute Gasteiger partial charge is 0.331 e. The largest absolute Gasteiger partial charge is 0.467 e. The van der Waals surface area contributed by atoms with Crippen LogP contribution in [0.3, 0.4) is 0 Å². The zero-order chi connectivity index (χ0) is 18.6. The van der Waals surface area contributed by atoms with Crippen molar-refractivity contribution in [2.24, 2.45) is 0 Å². The molecule has 0 heterocycles. The fourth-order valence-electron chi connectivity index (χ4n) is 1.48. The van der Waals surface area contributed by atoms with Crippen molar-refractivity contribution < 1.29 is 42.7 Å². The van der Waals surface area contributed by atoms with E-state index < -0.39 is 5.97 Å². The minimum atomic E-state index is -0.410. The van der Waals surface area contributed by atoms with Gasteiger partial charge < -0.3 is 33.2 Å². The molecule has 0 bridgehead atoms. The van der Waals surface area contributed by atoms with Crippen molar-refractivity contribution in [3.63, 3.8) is 0 Å². The third-order valence-electron chi connectivity index (χ3n) is 2.69. The second kappa shape index (κ2) is 19.1. The average Bonchev–Trinajstić information content (AvgIpc) is 2.61. The number of hydrogen-bond donors (Lipinski definition) is 0. The molecule has 0 atom stereocenters. The maximum atomic E-state index is 11.0. The van der Waals surface area contributed by atoms with Gasteiger partial charge in [-0.25, -0.2) is 4.79 Å². The van der Waals surface area contributed by atoms with Crippen LogP contribution in [-0.4, -0.2) is 91.7 Å². The van der Waals surface area contributed by atoms with E-state index in [1.54, 1.807) is 6.92 Å². The standard InChI is InChI=1S/C16H30O9/c1-3-25-15(17)4-5-20-6-7-21-8-9-22-10-11-23-12-13-24-14-16(18)19-2/h3-14H2,1-2H3. The number of ether oxygens (including phenoxy) is 7. The Morgan fingerprint density at radius 1 is 0.640 bits per heavy atom. The Morgan fingerprint density at radius 3 is 1.52 bits per heavy atom. The van der Waals surface area contributed by atoms with Gasteiger partial charge in [0.1, 0.15) is 6.61 Å². The van der Waals surface area contributed by atoms with E-state index in [4.69, 9.17) is 28.4 Å². The third-order valence-corrected chi connectivity index (χ3v) is 2.69. The summed E-state index contributed by atoms with van der Waals surface area (Å²) in [4.78, 5) is 21.8. The van der Waals surface area contributed by atoms with Gasteiger partial charge >= 0.3 is 11.9 Å². The van der Waals surface area contributed by atoms with E-state index >= 15 is 0 Å². The molecule has 0 radical (unpaired) electrons. The van der Waals surface area contributed by atoms with Gasteiger partial charge in [0.25, 0.3) is 0 Å². The quantitative estimate of drug-likeness (QED) is 0.249. The number of rotatable bonds is 18. The predicted molar refractivity (Wildman–Crippen MR) is 87.4 cm³/mol. The molecule has 0 aliphatic heterocycles. The minimum absolute atomic E-state index is 0.0692. The van der Waals surface area contributed by atoms with Crippen LogP contribution in [0.5, 0.6) is 0 Å². The number of carbonyl (C=O) groups is 2. The zero-order valence-electron chi connectivity index (χ0n) is 15.2. The van der Waals surface area contributed by atoms with Crippen LogP contribution in [-0.2, 0) is 42.7 Å². The predicted octanol–water partition coefficient (Wildman–Crippen LogP) is 0.196. The first-order valence-corrected chi connectivity index (χ1v) is 8.31. The highest BCUT2D eigenvalue weighted by Gasteiger charge is 2.01. The molecule has 0 saturated carbocycles. The van der Waals surface area contributed by atoms with E-state index in [9.17, 15) is 9.59 Å². The number of hydrogen-bond acceptors (Lipinski definition) is 9. The van der Waals surface area contributed by atoms with Crippen LogP contribution >= 0.6 is 0 Å². The van der Waals surface area contributed by atoms with Gasteiger partial charge in [-0.05, 0) is 6.92 Å². The molecule has 0 aliphatic rings. The normalized spacial score (nSPS) is 10.6. The van der Waals surface area contributed by atoms with E-state index in [2.05, 4.69) is 4.74 Å². The lowest BCUT2D eigenvalue weighted by atomic mass is 10.5. The second-order valence-corrected chi connectivity index (χ2v) is 4.63. The molecular formula is C16H30O9. The third kappa shape index (κ3) is 18.9. The van der Waals surface area contributed by atoms with Gasteiger partial charge in [-0.3, -0.25) is 4.79 Å². The molecule has 0 fully saturated rings.